The molecule has 1 saturated carbocycles. The second-order valence-electron chi connectivity index (χ2n) is 9.63. The van der Waals surface area contributed by atoms with Gasteiger partial charge in [-0.15, -0.1) is 0 Å². The van der Waals surface area contributed by atoms with Crippen molar-refractivity contribution in [3.05, 3.63) is 46.0 Å². The number of fused-ring (bicyclic) bond motifs is 2. The Morgan fingerprint density at radius 3 is 2.30 bits per heavy atom. The van der Waals surface area contributed by atoms with Crippen molar-refractivity contribution >= 4 is 0 Å². The molecular weight excluding hydrogens is 280 g/mol. The van der Waals surface area contributed by atoms with Crippen molar-refractivity contribution in [1.29, 1.82) is 0 Å². The van der Waals surface area contributed by atoms with Crippen LogP contribution in [0.5, 0.6) is 0 Å². The molecule has 1 nitrogen and oxygen atoms in total. The molecule has 1 spiro atoms. The number of hydrogen-bond acceptors (Lipinski definition) is 1. The van der Waals surface area contributed by atoms with E-state index in [9.17, 15) is 5.11 Å². The van der Waals surface area contributed by atoms with Gasteiger partial charge in [0.1, 0.15) is 5.60 Å². The van der Waals surface area contributed by atoms with Gasteiger partial charge in [-0.2, -0.15) is 0 Å². The summed E-state index contributed by atoms with van der Waals surface area (Å²) in [5.41, 5.74) is 6.10. The molecule has 0 heterocycles. The quantitative estimate of drug-likeness (QED) is 0.656. The normalized spacial score (nSPS) is 39.0. The number of allylic oxidation sites excluding steroid dienone is 1. The molecule has 0 amide bonds. The third-order valence-corrected chi connectivity index (χ3v) is 7.73. The lowest BCUT2D eigenvalue weighted by Gasteiger charge is -2.78. The van der Waals surface area contributed by atoms with Gasteiger partial charge >= 0.3 is 0 Å². The predicted octanol–water partition coefficient (Wildman–Crippen LogP) is 5.16. The monoisotopic (exact) mass is 310 g/mol. The molecule has 2 bridgehead atoms. The average Bonchev–Trinajstić information content (AvgIpc) is 2.39. The average molecular weight is 310 g/mol. The fraction of sp³-hybridized carbons (Fsp3) is 0.636. The standard InChI is InChI=1S/C22H30O/c1-13-10-14(2)18-16(11-13)22(23)17-9-8-15(3)21(22,20(17,6)7)12-19(18,4)5/h8,10-11,17,23H,9,12H2,1-7H3. The number of hydrogen-bond donors (Lipinski definition) is 1. The molecule has 5 rings (SSSR count). The van der Waals surface area contributed by atoms with Gasteiger partial charge in [-0.3, -0.25) is 0 Å². The van der Waals surface area contributed by atoms with Crippen LogP contribution in [0, 0.1) is 30.6 Å². The van der Waals surface area contributed by atoms with Crippen LogP contribution in [0.15, 0.2) is 23.8 Å². The van der Waals surface area contributed by atoms with E-state index in [0.29, 0.717) is 5.92 Å². The molecular formula is C22H30O. The smallest absolute Gasteiger partial charge is 0.103 e. The van der Waals surface area contributed by atoms with Gasteiger partial charge in [-0.25, -0.2) is 0 Å². The Morgan fingerprint density at radius 2 is 1.70 bits per heavy atom. The molecule has 0 aromatic heterocycles. The zero-order valence-electron chi connectivity index (χ0n) is 15.7. The maximum Gasteiger partial charge on any atom is 0.103 e. The molecule has 1 aromatic rings. The van der Waals surface area contributed by atoms with E-state index < -0.39 is 5.60 Å². The minimum atomic E-state index is -0.684. The lowest BCUT2D eigenvalue weighted by atomic mass is 9.27. The highest BCUT2D eigenvalue weighted by Crippen LogP contribution is 2.81. The van der Waals surface area contributed by atoms with Crippen LogP contribution in [0.3, 0.4) is 0 Å². The fourth-order valence-corrected chi connectivity index (χ4v) is 7.11. The summed E-state index contributed by atoms with van der Waals surface area (Å²) in [6.45, 7) is 16.1. The fourth-order valence-electron chi connectivity index (χ4n) is 7.11. The van der Waals surface area contributed by atoms with E-state index in [-0.39, 0.29) is 16.2 Å². The van der Waals surface area contributed by atoms with Gasteiger partial charge in [0.15, 0.2) is 0 Å². The summed E-state index contributed by atoms with van der Waals surface area (Å²) in [6.07, 6.45) is 4.44. The molecule has 124 valence electrons. The van der Waals surface area contributed by atoms with Gasteiger partial charge in [0.2, 0.25) is 0 Å². The summed E-state index contributed by atoms with van der Waals surface area (Å²) in [6, 6.07) is 4.56. The largest absolute Gasteiger partial charge is 0.384 e. The van der Waals surface area contributed by atoms with Crippen LogP contribution < -0.4 is 0 Å². The Bertz CT molecular complexity index is 751. The van der Waals surface area contributed by atoms with E-state index in [1.54, 1.807) is 0 Å². The highest BCUT2D eigenvalue weighted by molar-refractivity contribution is 5.57. The molecule has 3 unspecified atom stereocenters. The van der Waals surface area contributed by atoms with Crippen LogP contribution in [0.2, 0.25) is 0 Å². The summed E-state index contributed by atoms with van der Waals surface area (Å²) in [4.78, 5) is 0. The first-order chi connectivity index (χ1) is 10.5. The summed E-state index contributed by atoms with van der Waals surface area (Å²) in [5, 5.41) is 12.1. The SMILES string of the molecule is CC1=CCC2C(C)(C)C13CC(C)(C)c1c(C)cc(C)cc1C23O. The number of rotatable bonds is 0. The molecule has 1 N–H and O–H groups in total. The molecule has 0 radical (unpaired) electrons. The van der Waals surface area contributed by atoms with Crippen molar-refractivity contribution in [2.45, 2.75) is 72.3 Å². The number of benzene rings is 1. The maximum atomic E-state index is 12.1. The van der Waals surface area contributed by atoms with Crippen LogP contribution in [0.1, 0.15) is 69.7 Å². The molecule has 0 aliphatic heterocycles. The Balaban J connectivity index is 2.11. The van der Waals surface area contributed by atoms with Gasteiger partial charge < -0.3 is 5.11 Å². The maximum absolute atomic E-state index is 12.1. The van der Waals surface area contributed by atoms with E-state index in [1.807, 2.05) is 0 Å². The van der Waals surface area contributed by atoms with Crippen molar-refractivity contribution in [2.75, 3.05) is 0 Å². The van der Waals surface area contributed by atoms with Gasteiger partial charge in [-0.05, 0) is 61.1 Å². The van der Waals surface area contributed by atoms with Gasteiger partial charge in [0, 0.05) is 11.3 Å². The van der Waals surface area contributed by atoms with E-state index in [4.69, 9.17) is 0 Å². The molecule has 1 aromatic carbocycles. The highest BCUT2D eigenvalue weighted by Gasteiger charge is 2.80. The topological polar surface area (TPSA) is 20.2 Å². The van der Waals surface area contributed by atoms with E-state index in [0.717, 1.165) is 12.8 Å². The van der Waals surface area contributed by atoms with Crippen LogP contribution in [0.4, 0.5) is 0 Å². The Labute approximate surface area is 140 Å². The van der Waals surface area contributed by atoms with Gasteiger partial charge in [0.05, 0.1) is 0 Å². The molecule has 3 atom stereocenters. The van der Waals surface area contributed by atoms with Crippen LogP contribution in [0.25, 0.3) is 0 Å². The van der Waals surface area contributed by atoms with Gasteiger partial charge in [0.25, 0.3) is 0 Å². The summed E-state index contributed by atoms with van der Waals surface area (Å²) < 4.78 is 0. The lowest BCUT2D eigenvalue weighted by Crippen LogP contribution is -2.77. The Morgan fingerprint density at radius 1 is 1.04 bits per heavy atom. The minimum Gasteiger partial charge on any atom is -0.384 e. The zero-order valence-corrected chi connectivity index (χ0v) is 15.7. The van der Waals surface area contributed by atoms with Crippen LogP contribution >= 0.6 is 0 Å². The second kappa shape index (κ2) is 3.94. The first kappa shape index (κ1) is 15.4. The molecule has 4 aliphatic carbocycles. The molecule has 23 heavy (non-hydrogen) atoms. The Hall–Kier alpha value is -1.08. The first-order valence-electron chi connectivity index (χ1n) is 9.02. The minimum absolute atomic E-state index is 0.0913. The van der Waals surface area contributed by atoms with Crippen molar-refractivity contribution in [3.8, 4) is 0 Å². The zero-order chi connectivity index (χ0) is 17.0. The van der Waals surface area contributed by atoms with E-state index >= 15 is 0 Å². The Kier molecular flexibility index (Phi) is 2.64. The molecule has 1 fully saturated rings. The van der Waals surface area contributed by atoms with E-state index in [2.05, 4.69) is 66.7 Å². The van der Waals surface area contributed by atoms with Crippen molar-refractivity contribution in [1.82, 2.24) is 0 Å². The van der Waals surface area contributed by atoms with Gasteiger partial charge in [-0.1, -0.05) is 57.0 Å². The molecule has 1 heteroatoms. The summed E-state index contributed by atoms with van der Waals surface area (Å²) in [5.74, 6) is 0.328. The summed E-state index contributed by atoms with van der Waals surface area (Å²) >= 11 is 0. The number of aryl methyl sites for hydroxylation is 2. The second-order valence-corrected chi connectivity index (χ2v) is 9.63. The highest BCUT2D eigenvalue weighted by atomic mass is 16.3. The van der Waals surface area contributed by atoms with Crippen molar-refractivity contribution < 1.29 is 5.11 Å². The number of aliphatic hydroxyl groups is 1. The van der Waals surface area contributed by atoms with Crippen LogP contribution in [-0.4, -0.2) is 5.11 Å². The lowest BCUT2D eigenvalue weighted by molar-refractivity contribution is -0.318. The first-order valence-corrected chi connectivity index (χ1v) is 9.02. The van der Waals surface area contributed by atoms with E-state index in [1.165, 1.54) is 27.8 Å². The summed E-state index contributed by atoms with van der Waals surface area (Å²) in [7, 11) is 0. The predicted molar refractivity (Wildman–Crippen MR) is 95.5 cm³/mol. The van der Waals surface area contributed by atoms with Crippen molar-refractivity contribution in [2.24, 2.45) is 16.7 Å². The molecule has 0 saturated heterocycles. The van der Waals surface area contributed by atoms with Crippen LogP contribution in [-0.2, 0) is 11.0 Å². The third-order valence-electron chi connectivity index (χ3n) is 7.73. The third kappa shape index (κ3) is 1.37. The molecule has 4 aliphatic rings. The van der Waals surface area contributed by atoms with Crippen molar-refractivity contribution in [3.63, 3.8) is 0 Å².